The molecule has 8 nitrogen and oxygen atoms in total. The van der Waals surface area contributed by atoms with E-state index in [1.54, 1.807) is 4.57 Å². The Morgan fingerprint density at radius 1 is 0.925 bits per heavy atom. The van der Waals surface area contributed by atoms with Crippen molar-refractivity contribution in [1.82, 2.24) is 19.7 Å². The molecule has 0 unspecified atom stereocenters. The summed E-state index contributed by atoms with van der Waals surface area (Å²) >= 11 is 0. The van der Waals surface area contributed by atoms with Crippen molar-refractivity contribution in [2.75, 3.05) is 6.61 Å². The lowest BCUT2D eigenvalue weighted by Gasteiger charge is -2.16. The molecule has 0 fully saturated rings. The summed E-state index contributed by atoms with van der Waals surface area (Å²) in [6, 6.07) is 23.4. The zero-order valence-corrected chi connectivity index (χ0v) is 22.7. The average molecular weight is 537 g/mol. The molecule has 40 heavy (non-hydrogen) atoms. The molecule has 0 saturated carbocycles. The standard InChI is InChI=1S/C32H32N4O4/c1-3-4-12-29-28(31(38)36(21(2)33-29)25-9-7-8-22(19-25)17-18-37)20-23-13-15-24(16-14-23)26-10-5-6-11-27(26)30-34-32(39)40-35-30/h5-11,13-16,19,37H,3-4,12,17-18,20H2,1-2H3,(H,34,35,39). The fraction of sp³-hybridized carbons (Fsp3) is 0.250. The Hall–Kier alpha value is -4.56. The van der Waals surface area contributed by atoms with Crippen molar-refractivity contribution in [3.8, 4) is 28.2 Å². The molecule has 2 aromatic heterocycles. The van der Waals surface area contributed by atoms with Crippen LogP contribution in [0, 0.1) is 6.92 Å². The van der Waals surface area contributed by atoms with Gasteiger partial charge in [0.2, 0.25) is 0 Å². The van der Waals surface area contributed by atoms with Crippen LogP contribution in [0.1, 0.15) is 48.0 Å². The summed E-state index contributed by atoms with van der Waals surface area (Å²) in [6.07, 6.45) is 3.69. The lowest BCUT2D eigenvalue weighted by Crippen LogP contribution is -2.28. The van der Waals surface area contributed by atoms with Crippen LogP contribution in [-0.2, 0) is 19.3 Å². The Labute approximate surface area is 232 Å². The monoisotopic (exact) mass is 536 g/mol. The molecule has 204 valence electrons. The smallest absolute Gasteiger partial charge is 0.396 e. The zero-order chi connectivity index (χ0) is 28.1. The molecule has 0 bridgehead atoms. The molecule has 0 aliphatic rings. The van der Waals surface area contributed by atoms with Crippen LogP contribution in [0.2, 0.25) is 0 Å². The van der Waals surface area contributed by atoms with E-state index in [1.807, 2.05) is 79.7 Å². The molecule has 0 spiro atoms. The summed E-state index contributed by atoms with van der Waals surface area (Å²) in [5.74, 6) is 0.426. The first-order chi connectivity index (χ1) is 19.5. The second-order valence-electron chi connectivity index (χ2n) is 9.83. The number of nitrogens with zero attached hydrogens (tertiary/aromatic N) is 3. The Morgan fingerprint density at radius 3 is 2.40 bits per heavy atom. The van der Waals surface area contributed by atoms with Gasteiger partial charge in [-0.1, -0.05) is 79.2 Å². The van der Waals surface area contributed by atoms with E-state index in [0.717, 1.165) is 58.5 Å². The van der Waals surface area contributed by atoms with Gasteiger partial charge in [0.1, 0.15) is 5.82 Å². The van der Waals surface area contributed by atoms with Crippen molar-refractivity contribution in [3.63, 3.8) is 0 Å². The summed E-state index contributed by atoms with van der Waals surface area (Å²) < 4.78 is 6.38. The minimum atomic E-state index is -0.600. The van der Waals surface area contributed by atoms with Crippen LogP contribution in [0.4, 0.5) is 0 Å². The van der Waals surface area contributed by atoms with Gasteiger partial charge < -0.3 is 5.11 Å². The largest absolute Gasteiger partial charge is 0.439 e. The Kier molecular flexibility index (Phi) is 8.17. The topological polar surface area (TPSA) is 114 Å². The number of aryl methyl sites for hydroxylation is 2. The normalized spacial score (nSPS) is 11.2. The van der Waals surface area contributed by atoms with E-state index in [2.05, 4.69) is 17.1 Å². The molecule has 0 amide bonds. The van der Waals surface area contributed by atoms with E-state index in [1.165, 1.54) is 0 Å². The number of unbranched alkanes of at least 4 members (excludes halogenated alkanes) is 1. The summed E-state index contributed by atoms with van der Waals surface area (Å²) in [5, 5.41) is 13.2. The molecule has 3 aromatic carbocycles. The van der Waals surface area contributed by atoms with Crippen LogP contribution in [0.3, 0.4) is 0 Å². The van der Waals surface area contributed by atoms with Crippen molar-refractivity contribution in [1.29, 1.82) is 0 Å². The fourth-order valence-corrected chi connectivity index (χ4v) is 5.02. The molecule has 0 radical (unpaired) electrons. The third-order valence-electron chi connectivity index (χ3n) is 7.03. The summed E-state index contributed by atoms with van der Waals surface area (Å²) in [7, 11) is 0. The Balaban J connectivity index is 1.52. The molecule has 2 N–H and O–H groups in total. The number of aromatic nitrogens is 4. The van der Waals surface area contributed by atoms with Gasteiger partial charge in [-0.05, 0) is 60.6 Å². The highest BCUT2D eigenvalue weighted by Crippen LogP contribution is 2.30. The minimum absolute atomic E-state index is 0.0494. The molecule has 8 heteroatoms. The number of hydrogen-bond donors (Lipinski definition) is 2. The van der Waals surface area contributed by atoms with Gasteiger partial charge in [-0.2, -0.15) is 0 Å². The van der Waals surface area contributed by atoms with Crippen LogP contribution >= 0.6 is 0 Å². The molecule has 0 aliphatic carbocycles. The van der Waals surface area contributed by atoms with Crippen molar-refractivity contribution >= 4 is 0 Å². The van der Waals surface area contributed by atoms with Gasteiger partial charge in [0, 0.05) is 24.2 Å². The second kappa shape index (κ2) is 12.1. The van der Waals surface area contributed by atoms with Crippen molar-refractivity contribution < 1.29 is 9.63 Å². The minimum Gasteiger partial charge on any atom is -0.396 e. The van der Waals surface area contributed by atoms with E-state index in [-0.39, 0.29) is 12.2 Å². The highest BCUT2D eigenvalue weighted by Gasteiger charge is 2.17. The zero-order valence-electron chi connectivity index (χ0n) is 22.7. The summed E-state index contributed by atoms with van der Waals surface area (Å²) in [4.78, 5) is 33.0. The molecular weight excluding hydrogens is 504 g/mol. The third kappa shape index (κ3) is 5.72. The van der Waals surface area contributed by atoms with Gasteiger partial charge in [-0.3, -0.25) is 18.9 Å². The Bertz CT molecular complexity index is 1730. The van der Waals surface area contributed by atoms with Gasteiger partial charge in [0.05, 0.1) is 11.4 Å². The maximum atomic E-state index is 14.0. The summed E-state index contributed by atoms with van der Waals surface area (Å²) in [5.41, 5.74) is 6.81. The fourth-order valence-electron chi connectivity index (χ4n) is 5.02. The first kappa shape index (κ1) is 27.0. The van der Waals surface area contributed by atoms with E-state index in [0.29, 0.717) is 30.1 Å². The molecule has 0 aliphatic heterocycles. The first-order valence-electron chi connectivity index (χ1n) is 13.5. The molecule has 2 heterocycles. The number of hydrogen-bond acceptors (Lipinski definition) is 6. The lowest BCUT2D eigenvalue weighted by atomic mass is 9.96. The van der Waals surface area contributed by atoms with Gasteiger partial charge in [-0.15, -0.1) is 0 Å². The summed E-state index contributed by atoms with van der Waals surface area (Å²) in [6.45, 7) is 4.05. The second-order valence-corrected chi connectivity index (χ2v) is 9.83. The highest BCUT2D eigenvalue weighted by molar-refractivity contribution is 5.80. The van der Waals surface area contributed by atoms with Crippen molar-refractivity contribution in [2.24, 2.45) is 0 Å². The first-order valence-corrected chi connectivity index (χ1v) is 13.5. The number of aliphatic hydroxyl groups is 1. The van der Waals surface area contributed by atoms with Crippen LogP contribution in [0.5, 0.6) is 0 Å². The van der Waals surface area contributed by atoms with Crippen LogP contribution in [0.15, 0.2) is 86.9 Å². The van der Waals surface area contributed by atoms with E-state index < -0.39 is 5.76 Å². The van der Waals surface area contributed by atoms with Gasteiger partial charge >= 0.3 is 5.76 Å². The number of H-pyrrole nitrogens is 1. The van der Waals surface area contributed by atoms with E-state index in [4.69, 9.17) is 9.51 Å². The van der Waals surface area contributed by atoms with Gasteiger partial charge in [0.25, 0.3) is 5.56 Å². The Morgan fingerprint density at radius 2 is 1.70 bits per heavy atom. The van der Waals surface area contributed by atoms with E-state index in [9.17, 15) is 14.7 Å². The molecular formula is C32H32N4O4. The van der Waals surface area contributed by atoms with E-state index >= 15 is 0 Å². The maximum Gasteiger partial charge on any atom is 0.439 e. The van der Waals surface area contributed by atoms with Crippen LogP contribution in [-0.4, -0.2) is 31.4 Å². The van der Waals surface area contributed by atoms with Crippen LogP contribution < -0.4 is 11.3 Å². The quantitative estimate of drug-likeness (QED) is 0.259. The van der Waals surface area contributed by atoms with Crippen molar-refractivity contribution in [2.45, 2.75) is 46.0 Å². The predicted molar refractivity (Wildman–Crippen MR) is 155 cm³/mol. The SMILES string of the molecule is CCCCc1nc(C)n(-c2cccc(CCO)c2)c(=O)c1Cc1ccc(-c2ccccc2-c2noc(=O)[nH]2)cc1. The lowest BCUT2D eigenvalue weighted by molar-refractivity contribution is 0.299. The van der Waals surface area contributed by atoms with Crippen molar-refractivity contribution in [3.05, 3.63) is 122 Å². The van der Waals surface area contributed by atoms with Crippen LogP contribution in [0.25, 0.3) is 28.2 Å². The third-order valence-corrected chi connectivity index (χ3v) is 7.03. The number of benzene rings is 3. The number of aromatic amines is 1. The maximum absolute atomic E-state index is 14.0. The average Bonchev–Trinajstić information content (AvgIpc) is 3.40. The van der Waals surface area contributed by atoms with Gasteiger partial charge in [0.15, 0.2) is 5.82 Å². The molecule has 0 saturated heterocycles. The molecule has 5 rings (SSSR count). The number of aliphatic hydroxyl groups excluding tert-OH is 1. The predicted octanol–water partition coefficient (Wildman–Crippen LogP) is 5.02. The molecule has 5 aromatic rings. The highest BCUT2D eigenvalue weighted by atomic mass is 16.5. The van der Waals surface area contributed by atoms with Gasteiger partial charge in [-0.25, -0.2) is 9.78 Å². The number of nitrogens with one attached hydrogen (secondary N) is 1. The number of rotatable bonds is 10. The molecule has 0 atom stereocenters.